The molecule has 4 aromatic heterocycles. The molecule has 1 aliphatic rings. The van der Waals surface area contributed by atoms with E-state index in [0.29, 0.717) is 53.5 Å². The Kier molecular flexibility index (Phi) is 7.24. The second kappa shape index (κ2) is 11.6. The van der Waals surface area contributed by atoms with Crippen molar-refractivity contribution in [1.29, 1.82) is 0 Å². The molecule has 0 spiro atoms. The quantitative estimate of drug-likeness (QED) is 0.264. The molecule has 0 bridgehead atoms. The first-order valence-corrected chi connectivity index (χ1v) is 13.8. The highest BCUT2D eigenvalue weighted by Gasteiger charge is 2.32. The lowest BCUT2D eigenvalue weighted by molar-refractivity contribution is 0.0385. The number of halogens is 2. The predicted molar refractivity (Wildman–Crippen MR) is 153 cm³/mol. The summed E-state index contributed by atoms with van der Waals surface area (Å²) < 4.78 is 32.4. The lowest BCUT2D eigenvalue weighted by atomic mass is 10.0. The van der Waals surface area contributed by atoms with Crippen molar-refractivity contribution in [3.8, 4) is 22.7 Å². The number of pyridine rings is 1. The summed E-state index contributed by atoms with van der Waals surface area (Å²) >= 11 is 0. The largest absolute Gasteiger partial charge is 0.436 e. The number of oxazole rings is 1. The molecule has 12 nitrogen and oxygen atoms in total. The Labute approximate surface area is 249 Å². The van der Waals surface area contributed by atoms with Gasteiger partial charge >= 0.3 is 6.55 Å². The molecule has 5 heterocycles. The molecule has 1 atom stereocenters. The van der Waals surface area contributed by atoms with Crippen molar-refractivity contribution in [1.82, 2.24) is 49.9 Å². The summed E-state index contributed by atoms with van der Waals surface area (Å²) in [5, 5.41) is 11.4. The zero-order valence-electron chi connectivity index (χ0n) is 23.1. The Morgan fingerprint density at radius 3 is 2.48 bits per heavy atom. The first kappa shape index (κ1) is 27.3. The number of aromatic nitrogens is 8. The summed E-state index contributed by atoms with van der Waals surface area (Å²) in [6, 6.07) is 17.9. The van der Waals surface area contributed by atoms with Gasteiger partial charge in [-0.2, -0.15) is 8.78 Å². The van der Waals surface area contributed by atoms with Gasteiger partial charge in [-0.1, -0.05) is 35.1 Å². The van der Waals surface area contributed by atoms with Gasteiger partial charge in [-0.05, 0) is 41.1 Å². The van der Waals surface area contributed by atoms with E-state index in [-0.39, 0.29) is 17.4 Å². The van der Waals surface area contributed by atoms with Gasteiger partial charge in [-0.15, -0.1) is 10.2 Å². The molecule has 1 fully saturated rings. The molecule has 0 saturated carbocycles. The molecule has 1 amide bonds. The Bertz CT molecular complexity index is 1910. The maximum Gasteiger partial charge on any atom is 0.350 e. The summed E-state index contributed by atoms with van der Waals surface area (Å²) in [5.74, 6) is 0.311. The highest BCUT2D eigenvalue weighted by Crippen LogP contribution is 2.30. The van der Waals surface area contributed by atoms with Crippen molar-refractivity contribution in [3.63, 3.8) is 0 Å². The van der Waals surface area contributed by atoms with Crippen molar-refractivity contribution in [2.45, 2.75) is 12.6 Å². The second-order valence-electron chi connectivity index (χ2n) is 10.1. The van der Waals surface area contributed by atoms with Crippen LogP contribution >= 0.6 is 0 Å². The number of piperazine rings is 1. The predicted octanol–water partition coefficient (Wildman–Crippen LogP) is 4.28. The molecule has 0 N–H and O–H groups in total. The van der Waals surface area contributed by atoms with Crippen molar-refractivity contribution in [2.75, 3.05) is 26.2 Å². The Morgan fingerprint density at radius 1 is 0.886 bits per heavy atom. The second-order valence-corrected chi connectivity index (χ2v) is 10.1. The fraction of sp³-hybridized carbons (Fsp3) is 0.200. The molecule has 1 saturated heterocycles. The number of carbonyl (C=O) groups is 1. The molecule has 0 aliphatic carbocycles. The van der Waals surface area contributed by atoms with Crippen LogP contribution in [-0.4, -0.2) is 82.0 Å². The van der Waals surface area contributed by atoms with E-state index < -0.39 is 12.6 Å². The van der Waals surface area contributed by atoms with Crippen molar-refractivity contribution in [2.24, 2.45) is 0 Å². The lowest BCUT2D eigenvalue weighted by Crippen LogP contribution is -2.50. The molecule has 0 unspecified atom stereocenters. The van der Waals surface area contributed by atoms with Crippen LogP contribution in [0.4, 0.5) is 8.78 Å². The van der Waals surface area contributed by atoms with E-state index in [1.807, 2.05) is 48.5 Å². The Balaban J connectivity index is 1.08. The van der Waals surface area contributed by atoms with Crippen molar-refractivity contribution < 1.29 is 18.0 Å². The highest BCUT2D eigenvalue weighted by atomic mass is 19.3. The van der Waals surface area contributed by atoms with E-state index in [0.717, 1.165) is 16.8 Å². The van der Waals surface area contributed by atoms with E-state index in [2.05, 4.69) is 40.2 Å². The Morgan fingerprint density at radius 2 is 1.73 bits per heavy atom. The van der Waals surface area contributed by atoms with E-state index in [4.69, 9.17) is 4.42 Å². The Hall–Kier alpha value is -5.50. The number of amides is 1. The van der Waals surface area contributed by atoms with Crippen LogP contribution in [0.5, 0.6) is 0 Å². The molecule has 14 heteroatoms. The van der Waals surface area contributed by atoms with Crippen LogP contribution in [0, 0.1) is 0 Å². The summed E-state index contributed by atoms with van der Waals surface area (Å²) in [6.45, 7) is -1.17. The first-order chi connectivity index (χ1) is 21.5. The minimum absolute atomic E-state index is 0.174. The number of carbonyl (C=O) groups excluding carboxylic acids is 1. The zero-order valence-corrected chi connectivity index (χ0v) is 23.1. The van der Waals surface area contributed by atoms with Crippen LogP contribution in [-0.2, 0) is 0 Å². The topological polar surface area (TPSA) is 132 Å². The number of benzene rings is 2. The van der Waals surface area contributed by atoms with E-state index >= 15 is 0 Å². The third-order valence-electron chi connectivity index (χ3n) is 7.42. The van der Waals surface area contributed by atoms with Gasteiger partial charge in [-0.25, -0.2) is 4.98 Å². The average Bonchev–Trinajstić information content (AvgIpc) is 3.74. The fourth-order valence-corrected chi connectivity index (χ4v) is 5.27. The van der Waals surface area contributed by atoms with Gasteiger partial charge in [0.2, 0.25) is 5.89 Å². The normalized spacial score (nSPS) is 14.8. The molecule has 1 aliphatic heterocycles. The summed E-state index contributed by atoms with van der Waals surface area (Å²) in [7, 11) is 0. The van der Waals surface area contributed by atoms with Gasteiger partial charge in [0.05, 0.1) is 17.9 Å². The number of hydrogen-bond donors (Lipinski definition) is 0. The third-order valence-corrected chi connectivity index (χ3v) is 7.42. The number of fused-ring (bicyclic) bond motifs is 1. The van der Waals surface area contributed by atoms with Gasteiger partial charge in [0.25, 0.3) is 5.91 Å². The van der Waals surface area contributed by atoms with E-state index in [9.17, 15) is 13.6 Å². The molecule has 44 heavy (non-hydrogen) atoms. The molecular weight excluding hydrogens is 570 g/mol. The third kappa shape index (κ3) is 5.38. The summed E-state index contributed by atoms with van der Waals surface area (Å²) in [5.41, 5.74) is 4.57. The fourth-order valence-electron chi connectivity index (χ4n) is 5.27. The van der Waals surface area contributed by atoms with Crippen LogP contribution in [0.1, 0.15) is 34.5 Å². The maximum absolute atomic E-state index is 13.5. The average molecular weight is 595 g/mol. The number of hydrogen-bond acceptors (Lipinski definition) is 10. The number of alkyl halides is 2. The summed E-state index contributed by atoms with van der Waals surface area (Å²) in [4.78, 5) is 35.0. The summed E-state index contributed by atoms with van der Waals surface area (Å²) in [6.07, 6.45) is 6.48. The van der Waals surface area contributed by atoms with Gasteiger partial charge in [0, 0.05) is 55.9 Å². The highest BCUT2D eigenvalue weighted by molar-refractivity contribution is 5.93. The molecular formula is C30H24F2N10O2. The molecule has 220 valence electrons. The number of nitrogens with zero attached hydrogens (tertiary/aromatic N) is 10. The van der Waals surface area contributed by atoms with Gasteiger partial charge in [-0.3, -0.25) is 24.6 Å². The molecule has 7 rings (SSSR count). The molecule has 6 aromatic rings. The maximum atomic E-state index is 13.5. The van der Waals surface area contributed by atoms with Crippen LogP contribution in [0.15, 0.2) is 89.9 Å². The standard InChI is InChI=1S/C30H24F2N10O2/c31-30(32)42-38-27(37-39-42)26(19-4-2-1-3-5-19)40-12-14-41(15-13-40)29(43)23-17-21(8-9-34-23)28-36-22-16-20(6-7-25(22)44-28)24-18-33-10-11-35-24/h1-11,16-18,26,30H,12-15H2/t26-/m1/s1. The number of tetrazole rings is 1. The lowest BCUT2D eigenvalue weighted by Gasteiger charge is -2.38. The van der Waals surface area contributed by atoms with Crippen LogP contribution in [0.3, 0.4) is 0 Å². The monoisotopic (exact) mass is 594 g/mol. The van der Waals surface area contributed by atoms with Crippen molar-refractivity contribution in [3.05, 3.63) is 103 Å². The minimum atomic E-state index is -2.89. The van der Waals surface area contributed by atoms with Gasteiger partial charge < -0.3 is 9.32 Å². The van der Waals surface area contributed by atoms with E-state index in [1.165, 1.54) is 0 Å². The molecule has 2 aromatic carbocycles. The minimum Gasteiger partial charge on any atom is -0.436 e. The zero-order chi connectivity index (χ0) is 30.0. The van der Waals surface area contributed by atoms with Gasteiger partial charge in [0.15, 0.2) is 11.4 Å². The molecule has 0 radical (unpaired) electrons. The van der Waals surface area contributed by atoms with Crippen LogP contribution in [0.2, 0.25) is 0 Å². The van der Waals surface area contributed by atoms with Crippen molar-refractivity contribution >= 4 is 17.0 Å². The number of rotatable bonds is 7. The smallest absolute Gasteiger partial charge is 0.350 e. The van der Waals surface area contributed by atoms with Crippen LogP contribution in [0.25, 0.3) is 33.8 Å². The first-order valence-electron chi connectivity index (χ1n) is 13.8. The van der Waals surface area contributed by atoms with Gasteiger partial charge in [0.1, 0.15) is 11.2 Å². The van der Waals surface area contributed by atoms with E-state index in [1.54, 1.807) is 41.8 Å². The SMILES string of the molecule is O=C(c1cc(-c2nc3cc(-c4cnccn4)ccc3o2)ccn1)N1CCN([C@H](c2ccccc2)c2nnn(C(F)F)n2)CC1. The van der Waals surface area contributed by atoms with Crippen LogP contribution < -0.4 is 0 Å².